The van der Waals surface area contributed by atoms with E-state index in [4.69, 9.17) is 5.11 Å². The first-order valence-electron chi connectivity index (χ1n) is 5.42. The van der Waals surface area contributed by atoms with E-state index in [0.29, 0.717) is 6.08 Å². The van der Waals surface area contributed by atoms with Gasteiger partial charge in [0.05, 0.1) is 11.1 Å². The molecule has 20 heavy (non-hydrogen) atoms. The minimum atomic E-state index is -4.45. The Bertz CT molecular complexity index is 713. The first-order valence-corrected chi connectivity index (χ1v) is 5.42. The molecule has 2 aromatic rings. The average molecular weight is 283 g/mol. The Labute approximate surface area is 110 Å². The van der Waals surface area contributed by atoms with Crippen molar-refractivity contribution in [1.29, 1.82) is 0 Å². The van der Waals surface area contributed by atoms with Crippen molar-refractivity contribution in [2.24, 2.45) is 0 Å². The molecule has 0 radical (unpaired) electrons. The molecule has 1 aromatic carbocycles. The van der Waals surface area contributed by atoms with Gasteiger partial charge in [-0.1, -0.05) is 0 Å². The van der Waals surface area contributed by atoms with Crippen molar-refractivity contribution >= 4 is 22.8 Å². The average Bonchev–Trinajstić information content (AvgIpc) is 2.77. The first-order chi connectivity index (χ1) is 9.29. The van der Waals surface area contributed by atoms with E-state index in [0.717, 1.165) is 22.8 Å². The molecule has 4 nitrogen and oxygen atoms in total. The number of hydrogen-bond donors (Lipinski definition) is 1. The summed E-state index contributed by atoms with van der Waals surface area (Å²) in [6.07, 6.45) is -1.67. The highest BCUT2D eigenvalue weighted by Crippen LogP contribution is 2.31. The number of alkyl halides is 3. The number of carboxylic acid groups (broad SMARTS) is 1. The number of hydrogen-bond acceptors (Lipinski definition) is 2. The fourth-order valence-electron chi connectivity index (χ4n) is 1.73. The first kappa shape index (κ1) is 13.9. The van der Waals surface area contributed by atoms with Crippen molar-refractivity contribution < 1.29 is 27.9 Å². The normalized spacial score (nSPS) is 12.2. The van der Waals surface area contributed by atoms with Crippen LogP contribution in [-0.2, 0) is 11.0 Å². The van der Waals surface area contributed by atoms with Crippen molar-refractivity contribution in [2.75, 3.05) is 0 Å². The molecular weight excluding hydrogens is 275 g/mol. The van der Waals surface area contributed by atoms with E-state index in [2.05, 4.69) is 0 Å². The van der Waals surface area contributed by atoms with Crippen molar-refractivity contribution in [3.05, 3.63) is 48.2 Å². The van der Waals surface area contributed by atoms with Gasteiger partial charge < -0.3 is 5.11 Å². The number of nitrogens with zero attached hydrogens (tertiary/aromatic N) is 1. The Morgan fingerprint density at radius 3 is 2.45 bits per heavy atom. The summed E-state index contributed by atoms with van der Waals surface area (Å²) in [4.78, 5) is 22.0. The Morgan fingerprint density at radius 2 is 1.85 bits per heavy atom. The van der Waals surface area contributed by atoms with E-state index in [9.17, 15) is 22.8 Å². The van der Waals surface area contributed by atoms with Crippen LogP contribution in [0.4, 0.5) is 13.2 Å². The number of halogens is 3. The van der Waals surface area contributed by atoms with Gasteiger partial charge >= 0.3 is 12.1 Å². The lowest BCUT2D eigenvalue weighted by Gasteiger charge is -2.06. The van der Waals surface area contributed by atoms with Gasteiger partial charge in [0.25, 0.3) is 5.91 Å². The van der Waals surface area contributed by atoms with Gasteiger partial charge in [-0.05, 0) is 24.3 Å². The molecule has 104 valence electrons. The van der Waals surface area contributed by atoms with E-state index >= 15 is 0 Å². The number of aliphatic carboxylic acids is 1. The molecule has 7 heteroatoms. The maximum Gasteiger partial charge on any atom is 0.416 e. The Hall–Kier alpha value is -2.57. The minimum Gasteiger partial charge on any atom is -0.478 e. The van der Waals surface area contributed by atoms with E-state index in [1.807, 2.05) is 0 Å². The van der Waals surface area contributed by atoms with Gasteiger partial charge in [-0.15, -0.1) is 0 Å². The van der Waals surface area contributed by atoms with Crippen LogP contribution in [0.15, 0.2) is 42.6 Å². The summed E-state index contributed by atoms with van der Waals surface area (Å²) in [7, 11) is 0. The standard InChI is InChI=1S/C13H8F3NO3/c14-13(15,16)9-1-2-10-8(7-9)5-6-17(10)11(18)3-4-12(19)20/h1-7H,(H,19,20)/b4-3+. The topological polar surface area (TPSA) is 59.3 Å². The molecule has 2 rings (SSSR count). The Balaban J connectivity index is 2.43. The van der Waals surface area contributed by atoms with Crippen molar-refractivity contribution in [1.82, 2.24) is 4.57 Å². The third-order valence-electron chi connectivity index (χ3n) is 2.62. The van der Waals surface area contributed by atoms with Gasteiger partial charge in [0.15, 0.2) is 0 Å². The maximum absolute atomic E-state index is 12.5. The predicted molar refractivity (Wildman–Crippen MR) is 64.3 cm³/mol. The highest BCUT2D eigenvalue weighted by molar-refractivity contribution is 6.00. The van der Waals surface area contributed by atoms with E-state index in [1.165, 1.54) is 18.3 Å². The van der Waals surface area contributed by atoms with Crippen LogP contribution in [0.5, 0.6) is 0 Å². The molecule has 0 saturated heterocycles. The van der Waals surface area contributed by atoms with Crippen LogP contribution in [0.25, 0.3) is 10.9 Å². The molecule has 0 fully saturated rings. The smallest absolute Gasteiger partial charge is 0.416 e. The SMILES string of the molecule is O=C(O)/C=C/C(=O)n1ccc2cc(C(F)(F)F)ccc21. The maximum atomic E-state index is 12.5. The fourth-order valence-corrected chi connectivity index (χ4v) is 1.73. The number of rotatable bonds is 2. The predicted octanol–water partition coefficient (Wildman–Crippen LogP) is 2.94. The molecule has 0 amide bonds. The van der Waals surface area contributed by atoms with Gasteiger partial charge in [0.2, 0.25) is 0 Å². The summed E-state index contributed by atoms with van der Waals surface area (Å²) in [5, 5.41) is 8.67. The zero-order valence-electron chi connectivity index (χ0n) is 9.89. The summed E-state index contributed by atoms with van der Waals surface area (Å²) in [6.45, 7) is 0. The zero-order chi connectivity index (χ0) is 14.9. The molecule has 0 unspecified atom stereocenters. The highest BCUT2D eigenvalue weighted by atomic mass is 19.4. The number of aromatic nitrogens is 1. The molecular formula is C13H8F3NO3. The lowest BCUT2D eigenvalue weighted by Crippen LogP contribution is -2.07. The number of carbonyl (C=O) groups is 2. The molecule has 1 N–H and O–H groups in total. The van der Waals surface area contributed by atoms with Crippen molar-refractivity contribution in [3.8, 4) is 0 Å². The van der Waals surface area contributed by atoms with Gasteiger partial charge in [-0.2, -0.15) is 13.2 Å². The van der Waals surface area contributed by atoms with Gasteiger partial charge in [0.1, 0.15) is 0 Å². The second-order valence-electron chi connectivity index (χ2n) is 3.97. The molecule has 0 bridgehead atoms. The molecule has 1 aromatic heterocycles. The molecule has 0 saturated carbocycles. The molecule has 0 spiro atoms. The summed E-state index contributed by atoms with van der Waals surface area (Å²) < 4.78 is 38.7. The molecule has 1 heterocycles. The summed E-state index contributed by atoms with van der Waals surface area (Å²) in [5.74, 6) is -1.93. The Morgan fingerprint density at radius 1 is 1.15 bits per heavy atom. The zero-order valence-corrected chi connectivity index (χ0v) is 9.89. The lowest BCUT2D eigenvalue weighted by atomic mass is 10.1. The number of carbonyl (C=O) groups excluding carboxylic acids is 1. The van der Waals surface area contributed by atoms with Crippen molar-refractivity contribution in [2.45, 2.75) is 6.18 Å². The van der Waals surface area contributed by atoms with Crippen LogP contribution in [0.2, 0.25) is 0 Å². The second kappa shape index (κ2) is 4.84. The molecule has 0 aliphatic heterocycles. The van der Waals surface area contributed by atoms with E-state index in [1.54, 1.807) is 0 Å². The molecule has 0 atom stereocenters. The van der Waals surface area contributed by atoms with E-state index in [-0.39, 0.29) is 10.9 Å². The third kappa shape index (κ3) is 2.71. The van der Waals surface area contributed by atoms with Crippen LogP contribution < -0.4 is 0 Å². The molecule has 0 aliphatic carbocycles. The quantitative estimate of drug-likeness (QED) is 0.862. The van der Waals surface area contributed by atoms with E-state index < -0.39 is 23.6 Å². The van der Waals surface area contributed by atoms with Crippen LogP contribution in [-0.4, -0.2) is 21.6 Å². The number of allylic oxidation sites excluding steroid dienone is 1. The summed E-state index contributed by atoms with van der Waals surface area (Å²) in [6, 6.07) is 4.33. The van der Waals surface area contributed by atoms with Crippen molar-refractivity contribution in [3.63, 3.8) is 0 Å². The van der Waals surface area contributed by atoms with Crippen LogP contribution >= 0.6 is 0 Å². The fraction of sp³-hybridized carbons (Fsp3) is 0.0769. The molecule has 0 aliphatic rings. The monoisotopic (exact) mass is 283 g/mol. The minimum absolute atomic E-state index is 0.247. The van der Waals surface area contributed by atoms with Crippen LogP contribution in [0, 0.1) is 0 Å². The van der Waals surface area contributed by atoms with Gasteiger partial charge in [-0.25, -0.2) is 4.79 Å². The van der Waals surface area contributed by atoms with Gasteiger partial charge in [-0.3, -0.25) is 9.36 Å². The highest BCUT2D eigenvalue weighted by Gasteiger charge is 2.30. The summed E-state index contributed by atoms with van der Waals surface area (Å²) in [5.41, 5.74) is -0.533. The number of benzene rings is 1. The summed E-state index contributed by atoms with van der Waals surface area (Å²) >= 11 is 0. The Kier molecular flexibility index (Phi) is 3.35. The number of fused-ring (bicyclic) bond motifs is 1. The van der Waals surface area contributed by atoms with Crippen LogP contribution in [0.3, 0.4) is 0 Å². The second-order valence-corrected chi connectivity index (χ2v) is 3.97. The number of carboxylic acids is 1. The van der Waals surface area contributed by atoms with Crippen LogP contribution in [0.1, 0.15) is 10.4 Å². The van der Waals surface area contributed by atoms with Gasteiger partial charge in [0, 0.05) is 23.7 Å². The lowest BCUT2D eigenvalue weighted by molar-refractivity contribution is -0.137. The largest absolute Gasteiger partial charge is 0.478 e. The third-order valence-corrected chi connectivity index (χ3v) is 2.62.